The molecule has 294 valence electrons. The Balaban J connectivity index is 1.61. The molecular weight excluding hydrogens is 665 g/mol. The lowest BCUT2D eigenvalue weighted by Crippen LogP contribution is -2.61. The predicted molar refractivity (Wildman–Crippen MR) is 215 cm³/mol. The molecule has 53 heavy (non-hydrogen) atoms. The molecule has 3 aliphatic rings. The van der Waals surface area contributed by atoms with Gasteiger partial charge < -0.3 is 35.8 Å². The van der Waals surface area contributed by atoms with Gasteiger partial charge in [-0.3, -0.25) is 4.79 Å². The molecule has 8 nitrogen and oxygen atoms in total. The van der Waals surface area contributed by atoms with Gasteiger partial charge in [0.15, 0.2) is 0 Å². The molecule has 2 fully saturated rings. The molecule has 2 saturated carbocycles. The number of benzene rings is 1. The molecule has 0 aromatic heterocycles. The van der Waals surface area contributed by atoms with Crippen molar-refractivity contribution in [2.75, 3.05) is 47.1 Å². The van der Waals surface area contributed by atoms with Crippen LogP contribution >= 0.6 is 0 Å². The molecule has 0 unspecified atom stereocenters. The van der Waals surface area contributed by atoms with Gasteiger partial charge in [-0.25, -0.2) is 0 Å². The Morgan fingerprint density at radius 1 is 1.19 bits per heavy atom. The van der Waals surface area contributed by atoms with Gasteiger partial charge in [0.05, 0.1) is 18.3 Å². The van der Waals surface area contributed by atoms with E-state index in [9.17, 15) is 25.2 Å². The number of hydrogen-bond donors (Lipinski definition) is 6. The van der Waals surface area contributed by atoms with E-state index in [0.29, 0.717) is 63.7 Å². The molecule has 4 rings (SSSR count). The maximum atomic E-state index is 12.5. The second-order valence-corrected chi connectivity index (χ2v) is 16.4. The smallest absolute Gasteiger partial charge is 0.145 e. The third-order valence-electron chi connectivity index (χ3n) is 12.9. The number of methoxy groups -OCH3 is 1. The fraction of sp³-hybridized carbons (Fsp3) is 0.622. The lowest BCUT2D eigenvalue weighted by atomic mass is 9.51. The summed E-state index contributed by atoms with van der Waals surface area (Å²) < 4.78 is 5.44. The van der Waals surface area contributed by atoms with Gasteiger partial charge in [-0.1, -0.05) is 71.9 Å². The van der Waals surface area contributed by atoms with E-state index in [1.165, 1.54) is 16.7 Å². The van der Waals surface area contributed by atoms with Crippen LogP contribution in [0.4, 0.5) is 0 Å². The Hall–Kier alpha value is -2.69. The van der Waals surface area contributed by atoms with Crippen molar-refractivity contribution in [3.05, 3.63) is 94.1 Å². The third kappa shape index (κ3) is 10.1. The average molecular weight is 733 g/mol. The first-order chi connectivity index (χ1) is 25.4. The van der Waals surface area contributed by atoms with Gasteiger partial charge in [0.25, 0.3) is 0 Å². The van der Waals surface area contributed by atoms with E-state index in [4.69, 9.17) is 4.74 Å². The first-order valence-electron chi connectivity index (χ1n) is 19.9. The van der Waals surface area contributed by atoms with Gasteiger partial charge in [0.1, 0.15) is 6.29 Å². The summed E-state index contributed by atoms with van der Waals surface area (Å²) in [7, 11) is 3.62. The van der Waals surface area contributed by atoms with E-state index >= 15 is 0 Å². The van der Waals surface area contributed by atoms with Gasteiger partial charge >= 0.3 is 0 Å². The largest absolute Gasteiger partial charge is 0.396 e. The topological polar surface area (TPSA) is 131 Å². The highest BCUT2D eigenvalue weighted by Gasteiger charge is 2.65. The quantitative estimate of drug-likeness (QED) is 0.0565. The molecule has 2 bridgehead atoms. The van der Waals surface area contributed by atoms with Crippen LogP contribution in [-0.2, 0) is 22.4 Å². The Bertz CT molecular complexity index is 1510. The standard InChI is InChI=1S/C45H68N2O6/c1-32-15-16-37(27-35-11-8-12-36(26-35)28-43(4,47-29-32)22-25-53-6)33(2)10-7-13-38(31-50)40-18-20-45(42(40)51)41(14-9-24-48)39(34(3)30-49)17-19-44(45,52)21-23-46-5/h7-8,10-13,15,26,30,37,40-42,46-48,50-52H,2,9,14,16-25,27-29,31H2,1,3-6H3/b10-7+,32-15+,38-13-,39-34-/t37-,40+,41+,42-,43+,44+,45-/m1/s1. The predicted octanol–water partition coefficient (Wildman–Crippen LogP) is 5.95. The number of fused-ring (bicyclic) bond motifs is 2. The summed E-state index contributed by atoms with van der Waals surface area (Å²) in [5, 5.41) is 52.4. The number of ether oxygens (including phenoxy) is 1. The fourth-order valence-electron chi connectivity index (χ4n) is 9.71. The van der Waals surface area contributed by atoms with Crippen LogP contribution in [-0.4, -0.2) is 91.0 Å². The number of rotatable bonds is 15. The van der Waals surface area contributed by atoms with Crippen molar-refractivity contribution in [3.8, 4) is 0 Å². The monoisotopic (exact) mass is 733 g/mol. The maximum Gasteiger partial charge on any atom is 0.145 e. The molecule has 1 spiro atoms. The van der Waals surface area contributed by atoms with Crippen LogP contribution in [0.25, 0.3) is 0 Å². The highest BCUT2D eigenvalue weighted by molar-refractivity contribution is 5.74. The summed E-state index contributed by atoms with van der Waals surface area (Å²) in [5.74, 6) is -0.426. The van der Waals surface area contributed by atoms with Gasteiger partial charge in [-0.15, -0.1) is 0 Å². The molecule has 8 heteroatoms. The van der Waals surface area contributed by atoms with E-state index < -0.39 is 17.1 Å². The minimum Gasteiger partial charge on any atom is -0.396 e. The minimum atomic E-state index is -1.17. The van der Waals surface area contributed by atoms with Crippen molar-refractivity contribution in [2.24, 2.45) is 23.2 Å². The number of aliphatic hydroxyl groups is 4. The van der Waals surface area contributed by atoms with Gasteiger partial charge in [0.2, 0.25) is 0 Å². The van der Waals surface area contributed by atoms with E-state index in [0.717, 1.165) is 55.2 Å². The fourth-order valence-corrected chi connectivity index (χ4v) is 9.71. The number of nitrogens with one attached hydrogen (secondary N) is 2. The van der Waals surface area contributed by atoms with E-state index in [-0.39, 0.29) is 36.5 Å². The van der Waals surface area contributed by atoms with Gasteiger partial charge in [0, 0.05) is 43.7 Å². The van der Waals surface area contributed by atoms with Crippen molar-refractivity contribution in [1.29, 1.82) is 0 Å². The van der Waals surface area contributed by atoms with Crippen molar-refractivity contribution in [3.63, 3.8) is 0 Å². The van der Waals surface area contributed by atoms with Crippen LogP contribution in [0.2, 0.25) is 0 Å². The van der Waals surface area contributed by atoms with Crippen molar-refractivity contribution >= 4 is 6.29 Å². The van der Waals surface area contributed by atoms with Crippen molar-refractivity contribution < 1.29 is 30.0 Å². The number of carbonyl (C=O) groups excluding carboxylic acids is 1. The molecule has 2 aliphatic carbocycles. The van der Waals surface area contributed by atoms with Crippen LogP contribution < -0.4 is 10.6 Å². The van der Waals surface area contributed by atoms with Crippen LogP contribution in [0.5, 0.6) is 0 Å². The molecule has 1 aromatic rings. The molecule has 0 saturated heterocycles. The first-order valence-corrected chi connectivity index (χ1v) is 19.9. The Kier molecular flexibility index (Phi) is 16.1. The van der Waals surface area contributed by atoms with Crippen LogP contribution in [0.1, 0.15) is 89.7 Å². The SMILES string of the molecule is C=C(/C=C/C=C(/CO)[C@@H]1CC[C@]2([C@@H]1O)[C@@H](CCCO)/C(=C(/C)C=O)CC[C@]2(O)CCNC)[C@@H]1C/C=C(\C)CN[C@@](C)(CCOC)Cc2cccc(c2)C1. The summed E-state index contributed by atoms with van der Waals surface area (Å²) in [6, 6.07) is 8.88. The Morgan fingerprint density at radius 3 is 2.66 bits per heavy atom. The molecule has 0 amide bonds. The summed E-state index contributed by atoms with van der Waals surface area (Å²) in [6.45, 7) is 12.7. The molecule has 0 radical (unpaired) electrons. The van der Waals surface area contributed by atoms with Gasteiger partial charge in [-0.05, 0) is 139 Å². The number of carbonyl (C=O) groups is 1. The molecule has 1 heterocycles. The molecule has 1 aliphatic heterocycles. The number of hydrogen-bond acceptors (Lipinski definition) is 8. The zero-order valence-corrected chi connectivity index (χ0v) is 33.1. The summed E-state index contributed by atoms with van der Waals surface area (Å²) in [6.07, 6.45) is 15.5. The van der Waals surface area contributed by atoms with E-state index in [2.05, 4.69) is 61.4 Å². The van der Waals surface area contributed by atoms with Crippen LogP contribution in [0.15, 0.2) is 83.0 Å². The van der Waals surface area contributed by atoms with Gasteiger partial charge in [-0.2, -0.15) is 0 Å². The normalized spacial score (nSPS) is 33.3. The van der Waals surface area contributed by atoms with Crippen LogP contribution in [0.3, 0.4) is 0 Å². The molecular formula is C45H68N2O6. The highest BCUT2D eigenvalue weighted by atomic mass is 16.5. The number of allylic oxidation sites excluding steroid dienone is 7. The van der Waals surface area contributed by atoms with Crippen molar-refractivity contribution in [1.82, 2.24) is 10.6 Å². The Labute approximate surface area is 319 Å². The molecule has 1 aromatic carbocycles. The number of aldehydes is 1. The highest BCUT2D eigenvalue weighted by Crippen LogP contribution is 2.63. The average Bonchev–Trinajstić information content (AvgIpc) is 3.49. The molecule has 6 N–H and O–H groups in total. The van der Waals surface area contributed by atoms with Crippen molar-refractivity contribution in [2.45, 2.75) is 109 Å². The first kappa shape index (κ1) is 43.0. The Morgan fingerprint density at radius 2 is 1.96 bits per heavy atom. The lowest BCUT2D eigenvalue weighted by Gasteiger charge is -2.57. The zero-order chi connectivity index (χ0) is 38.6. The summed E-state index contributed by atoms with van der Waals surface area (Å²) >= 11 is 0. The number of aliphatic hydroxyl groups excluding tert-OH is 3. The second kappa shape index (κ2) is 19.8. The lowest BCUT2D eigenvalue weighted by molar-refractivity contribution is -0.180. The van der Waals surface area contributed by atoms with E-state index in [1.54, 1.807) is 7.11 Å². The zero-order valence-electron chi connectivity index (χ0n) is 33.1. The summed E-state index contributed by atoms with van der Waals surface area (Å²) in [5.41, 5.74) is 5.08. The second-order valence-electron chi connectivity index (χ2n) is 16.4. The third-order valence-corrected chi connectivity index (χ3v) is 12.9. The summed E-state index contributed by atoms with van der Waals surface area (Å²) in [4.78, 5) is 12.1. The molecule has 7 atom stereocenters. The minimum absolute atomic E-state index is 0.00205. The maximum absolute atomic E-state index is 12.5. The van der Waals surface area contributed by atoms with Crippen LogP contribution in [0, 0.1) is 23.2 Å². The van der Waals surface area contributed by atoms with E-state index in [1.807, 2.05) is 32.2 Å².